The van der Waals surface area contributed by atoms with E-state index >= 15 is 0 Å². The summed E-state index contributed by atoms with van der Waals surface area (Å²) < 4.78 is 13.2. The molecule has 1 aliphatic heterocycles. The van der Waals surface area contributed by atoms with Crippen LogP contribution < -0.4 is 5.32 Å². The molecule has 24 heavy (non-hydrogen) atoms. The lowest BCUT2D eigenvalue weighted by Gasteiger charge is -2.37. The van der Waals surface area contributed by atoms with Crippen molar-refractivity contribution in [2.45, 2.75) is 25.9 Å². The number of carbonyl (C=O) groups excluding carboxylic acids is 1. The number of hydrogen-bond donors (Lipinski definition) is 1. The summed E-state index contributed by atoms with van der Waals surface area (Å²) in [5.41, 5.74) is 1.44. The van der Waals surface area contributed by atoms with Crippen molar-refractivity contribution in [3.8, 4) is 0 Å². The predicted octanol–water partition coefficient (Wildman–Crippen LogP) is 2.86. The van der Waals surface area contributed by atoms with E-state index in [1.54, 1.807) is 12.1 Å². The van der Waals surface area contributed by atoms with E-state index < -0.39 is 0 Å². The molecule has 2 atom stereocenters. The number of pyridine rings is 1. The van der Waals surface area contributed by atoms with Crippen molar-refractivity contribution in [2.75, 3.05) is 13.1 Å². The zero-order valence-corrected chi connectivity index (χ0v) is 13.8. The minimum absolute atomic E-state index is 0.112. The Morgan fingerprint density at radius 2 is 2.21 bits per heavy atom. The van der Waals surface area contributed by atoms with Crippen LogP contribution in [0.15, 0.2) is 48.7 Å². The summed E-state index contributed by atoms with van der Waals surface area (Å²) in [5, 5.41) is 3.05. The van der Waals surface area contributed by atoms with Crippen LogP contribution in [0.4, 0.5) is 4.39 Å². The number of halogens is 1. The third kappa shape index (κ3) is 4.17. The Kier molecular flexibility index (Phi) is 5.20. The average molecular weight is 327 g/mol. The van der Waals surface area contributed by atoms with Gasteiger partial charge in [0.2, 0.25) is 0 Å². The minimum atomic E-state index is -0.388. The molecular weight excluding hydrogens is 305 g/mol. The number of carbonyl (C=O) groups is 1. The van der Waals surface area contributed by atoms with Crippen LogP contribution in [0.2, 0.25) is 0 Å². The number of benzene rings is 1. The molecule has 1 aliphatic rings. The van der Waals surface area contributed by atoms with Gasteiger partial charge in [0.25, 0.3) is 5.91 Å². The van der Waals surface area contributed by atoms with Crippen LogP contribution in [0.5, 0.6) is 0 Å². The van der Waals surface area contributed by atoms with Crippen molar-refractivity contribution in [1.82, 2.24) is 15.2 Å². The first-order chi connectivity index (χ1) is 11.6. The van der Waals surface area contributed by atoms with E-state index in [2.05, 4.69) is 22.1 Å². The molecule has 1 fully saturated rings. The molecule has 0 radical (unpaired) electrons. The van der Waals surface area contributed by atoms with Gasteiger partial charge in [0, 0.05) is 37.4 Å². The highest BCUT2D eigenvalue weighted by Gasteiger charge is 2.27. The average Bonchev–Trinajstić information content (AvgIpc) is 2.58. The number of likely N-dealkylation sites (tertiary alicyclic amines) is 1. The van der Waals surface area contributed by atoms with E-state index in [4.69, 9.17) is 0 Å². The fourth-order valence-electron chi connectivity index (χ4n) is 3.19. The highest BCUT2D eigenvalue weighted by molar-refractivity contribution is 5.94. The molecule has 2 aromatic rings. The molecule has 0 bridgehead atoms. The monoisotopic (exact) mass is 327 g/mol. The standard InChI is InChI=1S/C19H22FN3O/c1-14-12-23(13-17-7-2-3-9-21-17)10-8-18(14)22-19(24)15-5-4-6-16(20)11-15/h2-7,9,11,14,18H,8,10,12-13H2,1H3,(H,22,24)/t14-,18+/m1/s1. The lowest BCUT2D eigenvalue weighted by atomic mass is 9.93. The molecule has 0 saturated carbocycles. The van der Waals surface area contributed by atoms with Gasteiger partial charge in [-0.15, -0.1) is 0 Å². The molecule has 1 N–H and O–H groups in total. The van der Waals surface area contributed by atoms with Crippen molar-refractivity contribution < 1.29 is 9.18 Å². The van der Waals surface area contributed by atoms with Gasteiger partial charge in [-0.25, -0.2) is 4.39 Å². The first-order valence-corrected chi connectivity index (χ1v) is 8.30. The summed E-state index contributed by atoms with van der Waals surface area (Å²) in [6.45, 7) is 4.79. The molecule has 4 nitrogen and oxygen atoms in total. The van der Waals surface area contributed by atoms with Gasteiger partial charge in [0.05, 0.1) is 5.69 Å². The Balaban J connectivity index is 1.55. The van der Waals surface area contributed by atoms with Crippen LogP contribution in [0.3, 0.4) is 0 Å². The van der Waals surface area contributed by atoms with E-state index in [0.717, 1.165) is 31.7 Å². The number of aromatic nitrogens is 1. The maximum atomic E-state index is 13.2. The molecule has 1 aromatic heterocycles. The molecule has 0 aliphatic carbocycles. The van der Waals surface area contributed by atoms with Gasteiger partial charge in [0.15, 0.2) is 0 Å². The molecule has 0 unspecified atom stereocenters. The maximum absolute atomic E-state index is 13.2. The summed E-state index contributed by atoms with van der Waals surface area (Å²) >= 11 is 0. The van der Waals surface area contributed by atoms with Crippen LogP contribution in [0.1, 0.15) is 29.4 Å². The van der Waals surface area contributed by atoms with Crippen LogP contribution in [0, 0.1) is 11.7 Å². The van der Waals surface area contributed by atoms with Gasteiger partial charge in [-0.2, -0.15) is 0 Å². The van der Waals surface area contributed by atoms with Gasteiger partial charge in [-0.1, -0.05) is 19.1 Å². The van der Waals surface area contributed by atoms with Gasteiger partial charge >= 0.3 is 0 Å². The van der Waals surface area contributed by atoms with Crippen molar-refractivity contribution in [3.63, 3.8) is 0 Å². The Bertz CT molecular complexity index is 692. The van der Waals surface area contributed by atoms with Gasteiger partial charge in [-0.05, 0) is 42.7 Å². The molecule has 1 aromatic carbocycles. The number of hydrogen-bond acceptors (Lipinski definition) is 3. The maximum Gasteiger partial charge on any atom is 0.251 e. The van der Waals surface area contributed by atoms with Gasteiger partial charge < -0.3 is 5.32 Å². The number of nitrogens with zero attached hydrogens (tertiary/aromatic N) is 2. The number of rotatable bonds is 4. The highest BCUT2D eigenvalue weighted by atomic mass is 19.1. The Hall–Kier alpha value is -2.27. The van der Waals surface area contributed by atoms with E-state index in [0.29, 0.717) is 11.5 Å². The summed E-state index contributed by atoms with van der Waals surface area (Å²) in [6, 6.07) is 11.9. The summed E-state index contributed by atoms with van der Waals surface area (Å²) in [6.07, 6.45) is 2.69. The summed E-state index contributed by atoms with van der Waals surface area (Å²) in [5.74, 6) is -0.259. The second-order valence-corrected chi connectivity index (χ2v) is 6.41. The van der Waals surface area contributed by atoms with Crippen molar-refractivity contribution in [2.24, 2.45) is 5.92 Å². The van der Waals surface area contributed by atoms with Crippen LogP contribution >= 0.6 is 0 Å². The van der Waals surface area contributed by atoms with Crippen LogP contribution in [0.25, 0.3) is 0 Å². The van der Waals surface area contributed by atoms with Crippen molar-refractivity contribution in [1.29, 1.82) is 0 Å². The Morgan fingerprint density at radius 3 is 2.92 bits per heavy atom. The molecule has 5 heteroatoms. The Morgan fingerprint density at radius 1 is 1.33 bits per heavy atom. The lowest BCUT2D eigenvalue weighted by Crippen LogP contribution is -2.49. The molecule has 1 saturated heterocycles. The topological polar surface area (TPSA) is 45.2 Å². The minimum Gasteiger partial charge on any atom is -0.349 e. The van der Waals surface area contributed by atoms with Crippen molar-refractivity contribution >= 4 is 5.91 Å². The number of nitrogens with one attached hydrogen (secondary N) is 1. The molecule has 3 rings (SSSR count). The molecule has 2 heterocycles. The fraction of sp³-hybridized carbons (Fsp3) is 0.368. The summed E-state index contributed by atoms with van der Waals surface area (Å²) in [4.78, 5) is 19.0. The third-order valence-electron chi connectivity index (χ3n) is 4.50. The molecular formula is C19H22FN3O. The van der Waals surface area contributed by atoms with Crippen LogP contribution in [-0.2, 0) is 6.54 Å². The van der Waals surface area contributed by atoms with Crippen molar-refractivity contribution in [3.05, 3.63) is 65.7 Å². The van der Waals surface area contributed by atoms with E-state index in [9.17, 15) is 9.18 Å². The summed E-state index contributed by atoms with van der Waals surface area (Å²) in [7, 11) is 0. The SMILES string of the molecule is C[C@@H]1CN(Cc2ccccn2)CC[C@@H]1NC(=O)c1cccc(F)c1. The second-order valence-electron chi connectivity index (χ2n) is 6.41. The van der Waals surface area contributed by atoms with Gasteiger partial charge in [0.1, 0.15) is 5.82 Å². The zero-order chi connectivity index (χ0) is 16.9. The molecule has 1 amide bonds. The second kappa shape index (κ2) is 7.53. The molecule has 0 spiro atoms. The lowest BCUT2D eigenvalue weighted by molar-refractivity contribution is 0.0859. The Labute approximate surface area is 141 Å². The fourth-order valence-corrected chi connectivity index (χ4v) is 3.19. The number of amides is 1. The van der Waals surface area contributed by atoms with E-state index in [1.807, 2.05) is 24.4 Å². The smallest absolute Gasteiger partial charge is 0.251 e. The largest absolute Gasteiger partial charge is 0.349 e. The van der Waals surface area contributed by atoms with Crippen LogP contribution in [-0.4, -0.2) is 34.9 Å². The predicted molar refractivity (Wildman–Crippen MR) is 90.9 cm³/mol. The zero-order valence-electron chi connectivity index (χ0n) is 13.8. The highest BCUT2D eigenvalue weighted by Crippen LogP contribution is 2.19. The number of piperidine rings is 1. The molecule has 126 valence electrons. The van der Waals surface area contributed by atoms with E-state index in [-0.39, 0.29) is 17.8 Å². The van der Waals surface area contributed by atoms with Gasteiger partial charge in [-0.3, -0.25) is 14.7 Å². The third-order valence-corrected chi connectivity index (χ3v) is 4.50. The first-order valence-electron chi connectivity index (χ1n) is 8.30. The first kappa shape index (κ1) is 16.6. The quantitative estimate of drug-likeness (QED) is 0.939. The van der Waals surface area contributed by atoms with E-state index in [1.165, 1.54) is 12.1 Å². The normalized spacial score (nSPS) is 21.4.